The van der Waals surface area contributed by atoms with E-state index in [0.717, 1.165) is 38.8 Å². The van der Waals surface area contributed by atoms with Crippen LogP contribution in [0.1, 0.15) is 54.8 Å². The van der Waals surface area contributed by atoms with E-state index in [1.54, 1.807) is 24.0 Å². The van der Waals surface area contributed by atoms with Gasteiger partial charge in [-0.25, -0.2) is 4.98 Å². The lowest BCUT2D eigenvalue weighted by molar-refractivity contribution is -0.136. The molecule has 7 nitrogen and oxygen atoms in total. The number of benzene rings is 1. The Bertz CT molecular complexity index is 956. The number of halogens is 1. The highest BCUT2D eigenvalue weighted by atomic mass is 35.5. The number of amides is 2. The second-order valence-electron chi connectivity index (χ2n) is 8.95. The van der Waals surface area contributed by atoms with Crippen LogP contribution in [0.2, 0.25) is 5.02 Å². The predicted molar refractivity (Wildman–Crippen MR) is 121 cm³/mol. The average Bonchev–Trinajstić information content (AvgIpc) is 3.24. The molecule has 8 heteroatoms. The summed E-state index contributed by atoms with van der Waals surface area (Å²) < 4.78 is 11.4. The molecular weight excluding hydrogens is 430 g/mol. The summed E-state index contributed by atoms with van der Waals surface area (Å²) in [6, 6.07) is 7.27. The summed E-state index contributed by atoms with van der Waals surface area (Å²) in [5, 5.41) is 0.600. The van der Waals surface area contributed by atoms with Crippen LogP contribution in [0.15, 0.2) is 35.1 Å². The van der Waals surface area contributed by atoms with Gasteiger partial charge in [-0.15, -0.1) is 0 Å². The zero-order valence-electron chi connectivity index (χ0n) is 18.5. The topological polar surface area (TPSA) is 75.9 Å². The van der Waals surface area contributed by atoms with Crippen LogP contribution in [0.3, 0.4) is 0 Å². The SMILES string of the molecule is Cc1ocnc1C(=O)N1CCCC(COc2cccc(Cl)c2)(CC(=O)N2CCCCC2)C1. The molecule has 1 unspecified atom stereocenters. The van der Waals surface area contributed by atoms with Gasteiger partial charge in [0.25, 0.3) is 5.91 Å². The number of hydrogen-bond acceptors (Lipinski definition) is 5. The van der Waals surface area contributed by atoms with Crippen molar-refractivity contribution in [2.75, 3.05) is 32.8 Å². The van der Waals surface area contributed by atoms with E-state index in [2.05, 4.69) is 4.98 Å². The molecule has 2 aromatic rings. The van der Waals surface area contributed by atoms with Crippen molar-refractivity contribution in [3.8, 4) is 5.75 Å². The number of likely N-dealkylation sites (tertiary alicyclic amines) is 2. The van der Waals surface area contributed by atoms with E-state index >= 15 is 0 Å². The van der Waals surface area contributed by atoms with Gasteiger partial charge in [0.15, 0.2) is 12.1 Å². The van der Waals surface area contributed by atoms with Crippen molar-refractivity contribution < 1.29 is 18.7 Å². The van der Waals surface area contributed by atoms with Crippen molar-refractivity contribution in [1.82, 2.24) is 14.8 Å². The van der Waals surface area contributed by atoms with Gasteiger partial charge in [0.1, 0.15) is 11.5 Å². The number of aromatic nitrogens is 1. The Labute approximate surface area is 193 Å². The van der Waals surface area contributed by atoms with Crippen LogP contribution in [0.5, 0.6) is 5.75 Å². The first kappa shape index (κ1) is 22.6. The largest absolute Gasteiger partial charge is 0.493 e. The maximum absolute atomic E-state index is 13.2. The minimum Gasteiger partial charge on any atom is -0.493 e. The summed E-state index contributed by atoms with van der Waals surface area (Å²) in [6.45, 7) is 4.77. The van der Waals surface area contributed by atoms with E-state index < -0.39 is 5.41 Å². The molecule has 4 rings (SSSR count). The Kier molecular flexibility index (Phi) is 7.04. The lowest BCUT2D eigenvalue weighted by atomic mass is 9.77. The van der Waals surface area contributed by atoms with Crippen LogP contribution >= 0.6 is 11.6 Å². The maximum Gasteiger partial charge on any atom is 0.276 e. The lowest BCUT2D eigenvalue weighted by Crippen LogP contribution is -2.51. The van der Waals surface area contributed by atoms with Gasteiger partial charge in [-0.3, -0.25) is 9.59 Å². The first-order chi connectivity index (χ1) is 15.5. The molecule has 1 aromatic carbocycles. The van der Waals surface area contributed by atoms with Gasteiger partial charge < -0.3 is 19.0 Å². The van der Waals surface area contributed by atoms with Gasteiger partial charge in [0.2, 0.25) is 5.91 Å². The number of carbonyl (C=O) groups excluding carboxylic acids is 2. The van der Waals surface area contributed by atoms with Gasteiger partial charge in [-0.1, -0.05) is 17.7 Å². The standard InChI is InChI=1S/C24H30ClN3O4/c1-18-22(26-17-32-18)23(30)28-12-6-9-24(15-28,14-21(29)27-10-3-2-4-11-27)16-31-20-8-5-7-19(25)13-20/h5,7-8,13,17H,2-4,6,9-12,14-16H2,1H3. The van der Waals surface area contributed by atoms with Crippen LogP contribution in [0.25, 0.3) is 0 Å². The van der Waals surface area contributed by atoms with Crippen LogP contribution in [0.4, 0.5) is 0 Å². The maximum atomic E-state index is 13.2. The Morgan fingerprint density at radius 3 is 2.66 bits per heavy atom. The molecule has 2 amide bonds. The Morgan fingerprint density at radius 1 is 1.16 bits per heavy atom. The third-order valence-corrected chi connectivity index (χ3v) is 6.71. The quantitative estimate of drug-likeness (QED) is 0.642. The fourth-order valence-electron chi connectivity index (χ4n) is 4.72. The molecule has 1 atom stereocenters. The number of hydrogen-bond donors (Lipinski definition) is 0. The van der Waals surface area contributed by atoms with Gasteiger partial charge in [-0.2, -0.15) is 0 Å². The number of piperidine rings is 2. The molecule has 0 aliphatic carbocycles. The van der Waals surface area contributed by atoms with Gasteiger partial charge >= 0.3 is 0 Å². The van der Waals surface area contributed by atoms with Crippen molar-refractivity contribution in [2.45, 2.75) is 45.4 Å². The number of aryl methyl sites for hydroxylation is 1. The van der Waals surface area contributed by atoms with E-state index in [0.29, 0.717) is 48.3 Å². The summed E-state index contributed by atoms with van der Waals surface area (Å²) in [5.74, 6) is 1.16. The van der Waals surface area contributed by atoms with E-state index in [-0.39, 0.29) is 11.8 Å². The zero-order chi connectivity index (χ0) is 22.6. The number of carbonyl (C=O) groups is 2. The van der Waals surface area contributed by atoms with Crippen molar-refractivity contribution in [3.63, 3.8) is 0 Å². The Morgan fingerprint density at radius 2 is 1.94 bits per heavy atom. The highest BCUT2D eigenvalue weighted by Gasteiger charge is 2.41. The summed E-state index contributed by atoms with van der Waals surface area (Å²) in [5.41, 5.74) is -0.138. The summed E-state index contributed by atoms with van der Waals surface area (Å²) in [6.07, 6.45) is 6.54. The molecule has 2 fully saturated rings. The molecule has 2 aliphatic rings. The van der Waals surface area contributed by atoms with Gasteiger partial charge in [-0.05, 0) is 57.2 Å². The first-order valence-electron chi connectivity index (χ1n) is 11.3. The monoisotopic (exact) mass is 459 g/mol. The highest BCUT2D eigenvalue weighted by molar-refractivity contribution is 6.30. The van der Waals surface area contributed by atoms with E-state index in [9.17, 15) is 9.59 Å². The number of rotatable bonds is 6. The van der Waals surface area contributed by atoms with Crippen LogP contribution < -0.4 is 4.74 Å². The molecule has 172 valence electrons. The number of oxazole rings is 1. The fraction of sp³-hybridized carbons (Fsp3) is 0.542. The molecule has 0 saturated carbocycles. The first-order valence-corrected chi connectivity index (χ1v) is 11.7. The number of ether oxygens (including phenoxy) is 1. The molecule has 0 bridgehead atoms. The van der Waals surface area contributed by atoms with E-state index in [4.69, 9.17) is 20.8 Å². The van der Waals surface area contributed by atoms with Crippen LogP contribution in [-0.2, 0) is 4.79 Å². The van der Waals surface area contributed by atoms with E-state index in [1.807, 2.05) is 17.0 Å². The average molecular weight is 460 g/mol. The molecule has 2 aliphatic heterocycles. The van der Waals surface area contributed by atoms with Gasteiger partial charge in [0, 0.05) is 43.0 Å². The molecule has 32 heavy (non-hydrogen) atoms. The zero-order valence-corrected chi connectivity index (χ0v) is 19.3. The highest BCUT2D eigenvalue weighted by Crippen LogP contribution is 2.36. The number of nitrogens with zero attached hydrogens (tertiary/aromatic N) is 3. The summed E-state index contributed by atoms with van der Waals surface area (Å²) >= 11 is 6.11. The third kappa shape index (κ3) is 5.26. The lowest BCUT2D eigenvalue weighted by Gasteiger charge is -2.43. The summed E-state index contributed by atoms with van der Waals surface area (Å²) in [4.78, 5) is 34.2. The molecule has 2 saturated heterocycles. The predicted octanol–water partition coefficient (Wildman–Crippen LogP) is 4.34. The third-order valence-electron chi connectivity index (χ3n) is 6.47. The van der Waals surface area contributed by atoms with Crippen LogP contribution in [-0.4, -0.2) is 59.4 Å². The van der Waals surface area contributed by atoms with Crippen molar-refractivity contribution in [2.24, 2.45) is 5.41 Å². The van der Waals surface area contributed by atoms with Crippen LogP contribution in [0, 0.1) is 12.3 Å². The molecule has 3 heterocycles. The molecule has 0 spiro atoms. The van der Waals surface area contributed by atoms with Gasteiger partial charge in [0.05, 0.1) is 6.61 Å². The molecule has 0 radical (unpaired) electrons. The molecular formula is C24H30ClN3O4. The fourth-order valence-corrected chi connectivity index (χ4v) is 4.90. The minimum absolute atomic E-state index is 0.145. The van der Waals surface area contributed by atoms with Crippen molar-refractivity contribution in [1.29, 1.82) is 0 Å². The van der Waals surface area contributed by atoms with E-state index in [1.165, 1.54) is 12.8 Å². The van der Waals surface area contributed by atoms with Crippen molar-refractivity contribution >= 4 is 23.4 Å². The smallest absolute Gasteiger partial charge is 0.276 e. The minimum atomic E-state index is -0.470. The summed E-state index contributed by atoms with van der Waals surface area (Å²) in [7, 11) is 0. The molecule has 1 aromatic heterocycles. The van der Waals surface area contributed by atoms with Crippen molar-refractivity contribution in [3.05, 3.63) is 47.1 Å². The Hall–Kier alpha value is -2.54. The Balaban J connectivity index is 1.53. The normalized spacial score (nSPS) is 21.4. The second-order valence-corrected chi connectivity index (χ2v) is 9.39. The second kappa shape index (κ2) is 9.94. The molecule has 0 N–H and O–H groups in total.